The Labute approximate surface area is 129 Å². The number of likely N-dealkylation sites (tertiary alicyclic amines) is 1. The summed E-state index contributed by atoms with van der Waals surface area (Å²) in [7, 11) is 0. The first-order valence-corrected chi connectivity index (χ1v) is 7.31. The summed E-state index contributed by atoms with van der Waals surface area (Å²) >= 11 is 0. The number of hydrogen-bond acceptors (Lipinski definition) is 4. The van der Waals surface area contributed by atoms with Gasteiger partial charge in [0.1, 0.15) is 5.75 Å². The van der Waals surface area contributed by atoms with Gasteiger partial charge in [0.15, 0.2) is 0 Å². The lowest BCUT2D eigenvalue weighted by Gasteiger charge is -2.40. The maximum Gasteiger partial charge on any atom is 0.254 e. The van der Waals surface area contributed by atoms with Crippen LogP contribution in [-0.2, 0) is 4.79 Å². The molecule has 3 rings (SSSR count). The molecule has 2 aliphatic rings. The number of para-hydroxylation sites is 1. The number of aliphatic hydroxyl groups excluding tert-OH is 1. The van der Waals surface area contributed by atoms with Gasteiger partial charge in [-0.05, 0) is 31.6 Å². The van der Waals surface area contributed by atoms with Crippen LogP contribution in [0.4, 0.5) is 0 Å². The molecule has 0 unspecified atom stereocenters. The number of amides is 1. The predicted molar refractivity (Wildman–Crippen MR) is 82.0 cm³/mol. The Balaban J connectivity index is 1.82. The smallest absolute Gasteiger partial charge is 0.254 e. The minimum Gasteiger partial charge on any atom is -0.464 e. The zero-order valence-electron chi connectivity index (χ0n) is 12.4. The summed E-state index contributed by atoms with van der Waals surface area (Å²) in [6, 6.07) is 7.47. The normalized spacial score (nSPS) is 27.5. The van der Waals surface area contributed by atoms with Crippen molar-refractivity contribution in [2.45, 2.75) is 25.0 Å². The van der Waals surface area contributed by atoms with Gasteiger partial charge >= 0.3 is 0 Å². The number of rotatable bonds is 1. The first kappa shape index (κ1) is 14.8. The van der Waals surface area contributed by atoms with Gasteiger partial charge in [0.2, 0.25) is 0 Å². The zero-order chi connectivity index (χ0) is 15.7. The van der Waals surface area contributed by atoms with Crippen LogP contribution >= 0.6 is 0 Å². The van der Waals surface area contributed by atoms with E-state index in [4.69, 9.17) is 4.74 Å². The molecular formula is C17H19NO4. The van der Waals surface area contributed by atoms with Crippen molar-refractivity contribution in [1.29, 1.82) is 0 Å². The van der Waals surface area contributed by atoms with E-state index in [1.54, 1.807) is 24.0 Å². The van der Waals surface area contributed by atoms with E-state index >= 15 is 0 Å². The van der Waals surface area contributed by atoms with Crippen molar-refractivity contribution in [3.63, 3.8) is 0 Å². The number of carbonyl (C=O) groups is 1. The summed E-state index contributed by atoms with van der Waals surface area (Å²) in [5, 5.41) is 20.0. The third kappa shape index (κ3) is 2.77. The molecular weight excluding hydrogens is 282 g/mol. The highest BCUT2D eigenvalue weighted by Crippen LogP contribution is 2.27. The molecule has 116 valence electrons. The summed E-state index contributed by atoms with van der Waals surface area (Å²) in [6.07, 6.45) is 4.31. The molecule has 5 nitrogen and oxygen atoms in total. The van der Waals surface area contributed by atoms with Crippen molar-refractivity contribution in [3.8, 4) is 5.75 Å². The lowest BCUT2D eigenvalue weighted by atomic mass is 9.90. The Hall–Kier alpha value is -2.11. The molecule has 0 aromatic heterocycles. The molecule has 1 aromatic carbocycles. The number of ether oxygens (including phenoxy) is 1. The molecule has 5 heteroatoms. The van der Waals surface area contributed by atoms with Crippen molar-refractivity contribution in [2.75, 3.05) is 13.1 Å². The Morgan fingerprint density at radius 2 is 2.18 bits per heavy atom. The maximum absolute atomic E-state index is 12.6. The summed E-state index contributed by atoms with van der Waals surface area (Å²) in [5.41, 5.74) is 0.194. The second-order valence-electron chi connectivity index (χ2n) is 5.93. The second-order valence-corrected chi connectivity index (χ2v) is 5.93. The number of hydrogen-bond donors (Lipinski definition) is 2. The zero-order valence-corrected chi connectivity index (χ0v) is 12.4. The average molecular weight is 301 g/mol. The van der Waals surface area contributed by atoms with Crippen molar-refractivity contribution in [2.24, 2.45) is 0 Å². The second kappa shape index (κ2) is 5.59. The number of benzene rings is 1. The van der Waals surface area contributed by atoms with Gasteiger partial charge in [-0.2, -0.15) is 0 Å². The van der Waals surface area contributed by atoms with E-state index in [1.807, 2.05) is 24.3 Å². The van der Waals surface area contributed by atoms with Crippen LogP contribution in [0.25, 0.3) is 6.08 Å². The molecule has 0 spiro atoms. The Kier molecular flexibility index (Phi) is 3.76. The highest BCUT2D eigenvalue weighted by atomic mass is 16.5. The van der Waals surface area contributed by atoms with E-state index in [0.29, 0.717) is 24.3 Å². The lowest BCUT2D eigenvalue weighted by Crippen LogP contribution is -2.55. The minimum atomic E-state index is -1.14. The van der Waals surface area contributed by atoms with Crippen LogP contribution in [0, 0.1) is 0 Å². The van der Waals surface area contributed by atoms with Gasteiger partial charge in [-0.3, -0.25) is 4.79 Å². The van der Waals surface area contributed by atoms with E-state index in [-0.39, 0.29) is 12.5 Å². The van der Waals surface area contributed by atoms with Crippen molar-refractivity contribution in [3.05, 3.63) is 47.7 Å². The molecule has 0 bridgehead atoms. The Morgan fingerprint density at radius 3 is 2.95 bits per heavy atom. The van der Waals surface area contributed by atoms with Crippen molar-refractivity contribution in [1.82, 2.24) is 4.90 Å². The fourth-order valence-electron chi connectivity index (χ4n) is 2.63. The van der Waals surface area contributed by atoms with E-state index in [2.05, 4.69) is 0 Å². The van der Waals surface area contributed by atoms with E-state index in [9.17, 15) is 15.0 Å². The van der Waals surface area contributed by atoms with Crippen LogP contribution in [0.5, 0.6) is 5.75 Å². The highest BCUT2D eigenvalue weighted by Gasteiger charge is 2.38. The molecule has 2 N–H and O–H groups in total. The van der Waals surface area contributed by atoms with E-state index in [1.165, 1.54) is 6.26 Å². The molecule has 2 aliphatic heterocycles. The third-order valence-corrected chi connectivity index (χ3v) is 4.21. The first-order valence-electron chi connectivity index (χ1n) is 7.31. The number of nitrogens with zero attached hydrogens (tertiary/aromatic N) is 1. The Bertz CT molecular complexity index is 648. The molecule has 0 saturated carbocycles. The van der Waals surface area contributed by atoms with Crippen LogP contribution in [0.2, 0.25) is 0 Å². The van der Waals surface area contributed by atoms with Crippen LogP contribution in [0.1, 0.15) is 18.9 Å². The topological polar surface area (TPSA) is 70.0 Å². The molecule has 1 aromatic rings. The quantitative estimate of drug-likeness (QED) is 0.821. The van der Waals surface area contributed by atoms with Crippen molar-refractivity contribution < 1.29 is 19.7 Å². The monoisotopic (exact) mass is 301 g/mol. The minimum absolute atomic E-state index is 0.125. The molecule has 22 heavy (non-hydrogen) atoms. The summed E-state index contributed by atoms with van der Waals surface area (Å²) < 4.78 is 5.48. The molecule has 2 heterocycles. The number of β-amino-alcohol motifs (C(OH)–C–C–N with tert-alkyl or cyclic N) is 1. The van der Waals surface area contributed by atoms with Gasteiger partial charge in [-0.15, -0.1) is 0 Å². The molecule has 0 radical (unpaired) electrons. The van der Waals surface area contributed by atoms with Crippen LogP contribution in [-0.4, -0.2) is 45.8 Å². The van der Waals surface area contributed by atoms with Gasteiger partial charge in [-0.25, -0.2) is 0 Å². The third-order valence-electron chi connectivity index (χ3n) is 4.21. The summed E-state index contributed by atoms with van der Waals surface area (Å²) in [5.74, 6) is 0.522. The highest BCUT2D eigenvalue weighted by molar-refractivity contribution is 6.01. The largest absolute Gasteiger partial charge is 0.464 e. The molecule has 0 aliphatic carbocycles. The summed E-state index contributed by atoms with van der Waals surface area (Å²) in [4.78, 5) is 14.2. The Morgan fingerprint density at radius 1 is 1.41 bits per heavy atom. The molecule has 1 saturated heterocycles. The standard InChI is InChI=1S/C17H19NO4/c1-17(21)7-8-18(11-15(17)19)16(20)13-6-9-22-14-5-3-2-4-12(14)10-13/h2-6,9-10,15,19,21H,7-8,11H2,1H3/t15-,17-/m1/s1. The van der Waals surface area contributed by atoms with E-state index in [0.717, 1.165) is 5.56 Å². The van der Waals surface area contributed by atoms with Gasteiger partial charge in [0.05, 0.1) is 18.0 Å². The number of carbonyl (C=O) groups excluding carboxylic acids is 1. The van der Waals surface area contributed by atoms with Gasteiger partial charge in [0, 0.05) is 24.2 Å². The fraction of sp³-hybridized carbons (Fsp3) is 0.353. The molecule has 1 amide bonds. The average Bonchev–Trinajstić information content (AvgIpc) is 2.71. The summed E-state index contributed by atoms with van der Waals surface area (Å²) in [6.45, 7) is 2.13. The predicted octanol–water partition coefficient (Wildman–Crippen LogP) is 1.32. The van der Waals surface area contributed by atoms with E-state index < -0.39 is 11.7 Å². The molecule has 1 fully saturated rings. The van der Waals surface area contributed by atoms with Gasteiger partial charge < -0.3 is 19.8 Å². The van der Waals surface area contributed by atoms with Crippen LogP contribution < -0.4 is 4.74 Å². The number of piperidine rings is 1. The van der Waals surface area contributed by atoms with Gasteiger partial charge in [0.25, 0.3) is 5.91 Å². The number of aliphatic hydroxyl groups is 2. The fourth-order valence-corrected chi connectivity index (χ4v) is 2.63. The van der Waals surface area contributed by atoms with Gasteiger partial charge in [-0.1, -0.05) is 18.2 Å². The molecule has 2 atom stereocenters. The maximum atomic E-state index is 12.6. The number of fused-ring (bicyclic) bond motifs is 1. The van der Waals surface area contributed by atoms with Crippen LogP contribution in [0.15, 0.2) is 42.2 Å². The first-order chi connectivity index (χ1) is 10.5. The lowest BCUT2D eigenvalue weighted by molar-refractivity contribution is -0.142. The van der Waals surface area contributed by atoms with Crippen LogP contribution in [0.3, 0.4) is 0 Å². The van der Waals surface area contributed by atoms with Crippen molar-refractivity contribution >= 4 is 12.0 Å². The SMILES string of the molecule is C[C@@]1(O)CCN(C(=O)C2=Cc3ccccc3OC=C2)C[C@H]1O.